The molecule has 1 aromatic rings. The maximum Gasteiger partial charge on any atom is 0.325 e. The molecular weight excluding hydrogens is 315 g/mol. The fourth-order valence-electron chi connectivity index (χ4n) is 1.97. The molecule has 6 heteroatoms. The lowest BCUT2D eigenvalue weighted by molar-refractivity contribution is -0.131. The van der Waals surface area contributed by atoms with Crippen LogP contribution in [0.1, 0.15) is 25.8 Å². The number of hydrogen-bond donors (Lipinski definition) is 1. The minimum atomic E-state index is -0.864. The Kier molecular flexibility index (Phi) is 3.62. The van der Waals surface area contributed by atoms with Gasteiger partial charge in [0.15, 0.2) is 0 Å². The van der Waals surface area contributed by atoms with Gasteiger partial charge in [-0.25, -0.2) is 9.18 Å². The summed E-state index contributed by atoms with van der Waals surface area (Å²) < 4.78 is 13.7. The number of imide groups is 1. The fourth-order valence-corrected chi connectivity index (χ4v) is 2.36. The van der Waals surface area contributed by atoms with Crippen molar-refractivity contribution in [2.45, 2.75) is 32.4 Å². The number of nitrogens with one attached hydrogen (secondary N) is 1. The number of benzene rings is 1. The van der Waals surface area contributed by atoms with Crippen LogP contribution in [0.15, 0.2) is 22.7 Å². The Bertz CT molecular complexity index is 549. The Balaban J connectivity index is 2.27. The molecule has 1 atom stereocenters. The van der Waals surface area contributed by atoms with E-state index >= 15 is 0 Å². The molecule has 1 aliphatic heterocycles. The Morgan fingerprint density at radius 3 is 2.68 bits per heavy atom. The monoisotopic (exact) mass is 328 g/mol. The van der Waals surface area contributed by atoms with Crippen molar-refractivity contribution in [2.24, 2.45) is 0 Å². The lowest BCUT2D eigenvalue weighted by Crippen LogP contribution is -2.43. The second kappa shape index (κ2) is 4.92. The van der Waals surface area contributed by atoms with Crippen LogP contribution >= 0.6 is 15.9 Å². The molecule has 0 saturated carbocycles. The number of hydrogen-bond acceptors (Lipinski definition) is 2. The van der Waals surface area contributed by atoms with Crippen molar-refractivity contribution >= 4 is 27.9 Å². The maximum atomic E-state index is 13.4. The average Bonchev–Trinajstić information content (AvgIpc) is 2.59. The van der Waals surface area contributed by atoms with Gasteiger partial charge in [-0.15, -0.1) is 0 Å². The summed E-state index contributed by atoms with van der Waals surface area (Å²) >= 11 is 3.13. The number of urea groups is 1. The van der Waals surface area contributed by atoms with E-state index < -0.39 is 17.4 Å². The van der Waals surface area contributed by atoms with E-state index in [4.69, 9.17) is 0 Å². The zero-order valence-electron chi connectivity index (χ0n) is 10.7. The molecule has 3 amide bonds. The van der Waals surface area contributed by atoms with Gasteiger partial charge in [-0.2, -0.15) is 0 Å². The predicted octanol–water partition coefficient (Wildman–Crippen LogP) is 2.81. The molecule has 19 heavy (non-hydrogen) atoms. The second-order valence-corrected chi connectivity index (χ2v) is 5.51. The fraction of sp³-hybridized carbons (Fsp3) is 0.385. The normalized spacial score (nSPS) is 22.8. The van der Waals surface area contributed by atoms with E-state index in [0.717, 1.165) is 4.90 Å². The van der Waals surface area contributed by atoms with E-state index in [1.54, 1.807) is 19.1 Å². The van der Waals surface area contributed by atoms with E-state index in [9.17, 15) is 14.0 Å². The molecule has 0 bridgehead atoms. The van der Waals surface area contributed by atoms with Crippen LogP contribution in [0.2, 0.25) is 0 Å². The molecule has 0 spiro atoms. The number of carbonyl (C=O) groups is 2. The first-order chi connectivity index (χ1) is 8.89. The van der Waals surface area contributed by atoms with Crippen LogP contribution in [0.4, 0.5) is 9.18 Å². The Hall–Kier alpha value is -1.43. The SMILES string of the molecule is CCC1(C)NC(=O)N(Cc2cccc(F)c2Br)C1=O. The summed E-state index contributed by atoms with van der Waals surface area (Å²) in [6, 6.07) is 4.10. The van der Waals surface area contributed by atoms with E-state index in [0.29, 0.717) is 12.0 Å². The van der Waals surface area contributed by atoms with Gasteiger partial charge in [0, 0.05) is 0 Å². The highest BCUT2D eigenvalue weighted by Crippen LogP contribution is 2.26. The summed E-state index contributed by atoms with van der Waals surface area (Å²) in [7, 11) is 0. The molecule has 1 aliphatic rings. The first-order valence-electron chi connectivity index (χ1n) is 5.96. The molecule has 4 nitrogen and oxygen atoms in total. The summed E-state index contributed by atoms with van der Waals surface area (Å²) in [5, 5.41) is 2.66. The van der Waals surface area contributed by atoms with Crippen LogP contribution in [-0.4, -0.2) is 22.4 Å². The molecule has 1 unspecified atom stereocenters. The van der Waals surface area contributed by atoms with Gasteiger partial charge in [-0.05, 0) is 40.9 Å². The number of halogens is 2. The molecule has 1 fully saturated rings. The van der Waals surface area contributed by atoms with Crippen molar-refractivity contribution < 1.29 is 14.0 Å². The lowest BCUT2D eigenvalue weighted by Gasteiger charge is -2.19. The van der Waals surface area contributed by atoms with Crippen molar-refractivity contribution in [1.82, 2.24) is 10.2 Å². The minimum absolute atomic E-state index is 0.0542. The number of amides is 3. The van der Waals surface area contributed by atoms with Gasteiger partial charge in [-0.1, -0.05) is 19.1 Å². The predicted molar refractivity (Wildman–Crippen MR) is 71.9 cm³/mol. The van der Waals surface area contributed by atoms with Crippen molar-refractivity contribution in [1.29, 1.82) is 0 Å². The van der Waals surface area contributed by atoms with E-state index in [1.165, 1.54) is 6.07 Å². The minimum Gasteiger partial charge on any atom is -0.323 e. The first kappa shape index (κ1) is 14.0. The Morgan fingerprint density at radius 1 is 1.42 bits per heavy atom. The summed E-state index contributed by atoms with van der Waals surface area (Å²) in [4.78, 5) is 25.2. The van der Waals surface area contributed by atoms with Gasteiger partial charge in [0.25, 0.3) is 5.91 Å². The van der Waals surface area contributed by atoms with E-state index in [2.05, 4.69) is 21.2 Å². The largest absolute Gasteiger partial charge is 0.325 e. The van der Waals surface area contributed by atoms with Gasteiger partial charge in [0.2, 0.25) is 0 Å². The van der Waals surface area contributed by atoms with Gasteiger partial charge in [0.05, 0.1) is 11.0 Å². The van der Waals surface area contributed by atoms with Crippen molar-refractivity contribution in [3.05, 3.63) is 34.1 Å². The van der Waals surface area contributed by atoms with Gasteiger partial charge < -0.3 is 5.32 Å². The Morgan fingerprint density at radius 2 is 2.11 bits per heavy atom. The van der Waals surface area contributed by atoms with Crippen LogP contribution in [0.25, 0.3) is 0 Å². The Labute approximate surface area is 119 Å². The first-order valence-corrected chi connectivity index (χ1v) is 6.75. The molecule has 1 heterocycles. The highest BCUT2D eigenvalue weighted by Gasteiger charge is 2.46. The third kappa shape index (κ3) is 2.36. The average molecular weight is 329 g/mol. The van der Waals surface area contributed by atoms with Crippen LogP contribution in [0.5, 0.6) is 0 Å². The molecule has 102 valence electrons. The van der Waals surface area contributed by atoms with Crippen molar-refractivity contribution in [3.63, 3.8) is 0 Å². The highest BCUT2D eigenvalue weighted by atomic mass is 79.9. The van der Waals surface area contributed by atoms with Crippen LogP contribution in [0.3, 0.4) is 0 Å². The summed E-state index contributed by atoms with van der Waals surface area (Å²) in [6.45, 7) is 3.58. The molecule has 1 N–H and O–H groups in total. The van der Waals surface area contributed by atoms with E-state index in [-0.39, 0.29) is 16.9 Å². The molecule has 0 radical (unpaired) electrons. The molecule has 0 aliphatic carbocycles. The van der Waals surface area contributed by atoms with Crippen LogP contribution in [0, 0.1) is 5.82 Å². The molecule has 1 aromatic carbocycles. The third-order valence-electron chi connectivity index (χ3n) is 3.41. The second-order valence-electron chi connectivity index (χ2n) is 4.72. The number of rotatable bonds is 3. The summed E-state index contributed by atoms with van der Waals surface area (Å²) in [5.74, 6) is -0.695. The topological polar surface area (TPSA) is 49.4 Å². The van der Waals surface area contributed by atoms with Crippen molar-refractivity contribution in [2.75, 3.05) is 0 Å². The quantitative estimate of drug-likeness (QED) is 0.867. The zero-order valence-corrected chi connectivity index (χ0v) is 12.3. The standard InChI is InChI=1S/C13H14BrFN2O2/c1-3-13(2)11(18)17(12(19)16-13)7-8-5-4-6-9(15)10(8)14/h4-6H,3,7H2,1-2H3,(H,16,19). The summed E-state index contributed by atoms with van der Waals surface area (Å²) in [5.41, 5.74) is -0.305. The molecule has 0 aromatic heterocycles. The van der Waals surface area contributed by atoms with Crippen LogP contribution < -0.4 is 5.32 Å². The molecular formula is C13H14BrFN2O2. The highest BCUT2D eigenvalue weighted by molar-refractivity contribution is 9.10. The van der Waals surface area contributed by atoms with Gasteiger partial charge >= 0.3 is 6.03 Å². The maximum absolute atomic E-state index is 13.4. The number of nitrogens with zero attached hydrogens (tertiary/aromatic N) is 1. The van der Waals surface area contributed by atoms with E-state index in [1.807, 2.05) is 6.92 Å². The molecule has 2 rings (SSSR count). The lowest BCUT2D eigenvalue weighted by atomic mass is 9.99. The van der Waals surface area contributed by atoms with Gasteiger partial charge in [0.1, 0.15) is 11.4 Å². The molecule has 1 saturated heterocycles. The third-order valence-corrected chi connectivity index (χ3v) is 4.30. The smallest absolute Gasteiger partial charge is 0.323 e. The van der Waals surface area contributed by atoms with Gasteiger partial charge in [-0.3, -0.25) is 9.69 Å². The number of carbonyl (C=O) groups excluding carboxylic acids is 2. The van der Waals surface area contributed by atoms with Crippen molar-refractivity contribution in [3.8, 4) is 0 Å². The zero-order chi connectivity index (χ0) is 14.2. The van der Waals surface area contributed by atoms with Crippen LogP contribution in [-0.2, 0) is 11.3 Å². The summed E-state index contributed by atoms with van der Waals surface area (Å²) in [6.07, 6.45) is 0.512.